The highest BCUT2D eigenvalue weighted by molar-refractivity contribution is 7.07. The third-order valence-electron chi connectivity index (χ3n) is 2.65. The van der Waals surface area contributed by atoms with Gasteiger partial charge in [-0.25, -0.2) is 0 Å². The average Bonchev–Trinajstić information content (AvgIpc) is 2.65. The Labute approximate surface area is 94.3 Å². The summed E-state index contributed by atoms with van der Waals surface area (Å²) in [6.07, 6.45) is 0. The summed E-state index contributed by atoms with van der Waals surface area (Å²) in [5, 5.41) is 13.2. The maximum absolute atomic E-state index is 11.1. The van der Waals surface area contributed by atoms with Crippen LogP contribution in [0.15, 0.2) is 16.8 Å². The maximum atomic E-state index is 11.1. The van der Waals surface area contributed by atoms with Gasteiger partial charge in [0.05, 0.1) is 0 Å². The maximum Gasteiger partial charge on any atom is 0.323 e. The van der Waals surface area contributed by atoms with E-state index in [1.807, 2.05) is 23.3 Å². The van der Waals surface area contributed by atoms with E-state index in [-0.39, 0.29) is 0 Å². The standard InChI is InChI=1S/C11H17NO2S/c1-4-12(11(2,3)10(13)14)7-9-5-6-15-8-9/h5-6,8H,4,7H2,1-3H3,(H,13,14). The van der Waals surface area contributed by atoms with E-state index >= 15 is 0 Å². The molecule has 1 aromatic heterocycles. The minimum atomic E-state index is -0.809. The van der Waals surface area contributed by atoms with Gasteiger partial charge in [0.15, 0.2) is 0 Å². The molecule has 0 aliphatic carbocycles. The van der Waals surface area contributed by atoms with Crippen LogP contribution in [0.25, 0.3) is 0 Å². The molecule has 0 aliphatic rings. The minimum Gasteiger partial charge on any atom is -0.480 e. The van der Waals surface area contributed by atoms with Crippen molar-refractivity contribution in [1.29, 1.82) is 0 Å². The van der Waals surface area contributed by atoms with Crippen LogP contribution in [0.4, 0.5) is 0 Å². The first-order chi connectivity index (χ1) is 6.98. The van der Waals surface area contributed by atoms with Gasteiger partial charge in [-0.05, 0) is 42.8 Å². The van der Waals surface area contributed by atoms with E-state index in [4.69, 9.17) is 5.11 Å². The fourth-order valence-electron chi connectivity index (χ4n) is 1.44. The summed E-state index contributed by atoms with van der Waals surface area (Å²) in [4.78, 5) is 13.1. The highest BCUT2D eigenvalue weighted by atomic mass is 32.1. The predicted molar refractivity (Wildman–Crippen MR) is 62.1 cm³/mol. The van der Waals surface area contributed by atoms with Crippen molar-refractivity contribution in [2.45, 2.75) is 32.9 Å². The lowest BCUT2D eigenvalue weighted by atomic mass is 10.0. The number of likely N-dealkylation sites (N-methyl/N-ethyl adjacent to an activating group) is 1. The smallest absolute Gasteiger partial charge is 0.323 e. The van der Waals surface area contributed by atoms with E-state index in [1.54, 1.807) is 25.2 Å². The van der Waals surface area contributed by atoms with Gasteiger partial charge in [0, 0.05) is 6.54 Å². The topological polar surface area (TPSA) is 40.5 Å². The van der Waals surface area contributed by atoms with E-state index in [2.05, 4.69) is 5.38 Å². The number of aliphatic carboxylic acids is 1. The molecule has 0 radical (unpaired) electrons. The van der Waals surface area contributed by atoms with Gasteiger partial charge in [0.25, 0.3) is 0 Å². The van der Waals surface area contributed by atoms with Crippen LogP contribution < -0.4 is 0 Å². The number of rotatable bonds is 5. The Balaban J connectivity index is 2.76. The van der Waals surface area contributed by atoms with Gasteiger partial charge in [0.2, 0.25) is 0 Å². The second-order valence-corrected chi connectivity index (χ2v) is 4.79. The first-order valence-electron chi connectivity index (χ1n) is 4.98. The minimum absolute atomic E-state index is 0.694. The number of hydrogen-bond acceptors (Lipinski definition) is 3. The fourth-order valence-corrected chi connectivity index (χ4v) is 2.10. The predicted octanol–water partition coefficient (Wildman–Crippen LogP) is 2.43. The van der Waals surface area contributed by atoms with Gasteiger partial charge in [0.1, 0.15) is 5.54 Å². The van der Waals surface area contributed by atoms with Crippen molar-refractivity contribution >= 4 is 17.3 Å². The van der Waals surface area contributed by atoms with Crippen molar-refractivity contribution in [1.82, 2.24) is 4.90 Å². The molecule has 0 fully saturated rings. The zero-order valence-electron chi connectivity index (χ0n) is 9.36. The summed E-state index contributed by atoms with van der Waals surface area (Å²) in [6.45, 7) is 6.89. The summed E-state index contributed by atoms with van der Waals surface area (Å²) in [6, 6.07) is 2.03. The molecule has 0 bridgehead atoms. The van der Waals surface area contributed by atoms with Crippen molar-refractivity contribution in [3.63, 3.8) is 0 Å². The van der Waals surface area contributed by atoms with E-state index in [1.165, 1.54) is 5.56 Å². The normalized spacial score (nSPS) is 12.0. The highest BCUT2D eigenvalue weighted by Crippen LogP contribution is 2.19. The van der Waals surface area contributed by atoms with Crippen LogP contribution in [0.2, 0.25) is 0 Å². The molecule has 1 rings (SSSR count). The molecule has 0 saturated carbocycles. The van der Waals surface area contributed by atoms with Gasteiger partial charge < -0.3 is 5.11 Å². The number of carbonyl (C=O) groups is 1. The largest absolute Gasteiger partial charge is 0.480 e. The molecule has 84 valence electrons. The molecule has 4 heteroatoms. The third kappa shape index (κ3) is 2.79. The molecule has 0 aliphatic heterocycles. The van der Waals surface area contributed by atoms with Crippen LogP contribution in [0, 0.1) is 0 Å². The van der Waals surface area contributed by atoms with Crippen molar-refractivity contribution < 1.29 is 9.90 Å². The Bertz CT molecular complexity index is 319. The van der Waals surface area contributed by atoms with Crippen LogP contribution in [0.5, 0.6) is 0 Å². The van der Waals surface area contributed by atoms with Crippen LogP contribution in [-0.4, -0.2) is 28.1 Å². The van der Waals surface area contributed by atoms with Crippen LogP contribution in [0.1, 0.15) is 26.3 Å². The Morgan fingerprint density at radius 1 is 1.60 bits per heavy atom. The fraction of sp³-hybridized carbons (Fsp3) is 0.545. The number of thiophene rings is 1. The molecular formula is C11H17NO2S. The molecule has 0 spiro atoms. The van der Waals surface area contributed by atoms with Crippen molar-refractivity contribution in [2.24, 2.45) is 0 Å². The molecule has 0 unspecified atom stereocenters. The first kappa shape index (κ1) is 12.2. The van der Waals surface area contributed by atoms with Gasteiger partial charge in [-0.3, -0.25) is 9.69 Å². The van der Waals surface area contributed by atoms with Crippen molar-refractivity contribution in [3.8, 4) is 0 Å². The van der Waals surface area contributed by atoms with Gasteiger partial charge in [-0.1, -0.05) is 6.92 Å². The van der Waals surface area contributed by atoms with E-state index in [0.717, 1.165) is 6.54 Å². The summed E-state index contributed by atoms with van der Waals surface area (Å²) in [7, 11) is 0. The average molecular weight is 227 g/mol. The number of carboxylic acid groups (broad SMARTS) is 1. The lowest BCUT2D eigenvalue weighted by Gasteiger charge is -2.33. The monoisotopic (exact) mass is 227 g/mol. The molecule has 1 aromatic rings. The lowest BCUT2D eigenvalue weighted by molar-refractivity contribution is -0.149. The van der Waals surface area contributed by atoms with Crippen molar-refractivity contribution in [2.75, 3.05) is 6.54 Å². The zero-order chi connectivity index (χ0) is 11.5. The van der Waals surface area contributed by atoms with Gasteiger partial charge in [-0.15, -0.1) is 0 Å². The number of carboxylic acids is 1. The Kier molecular flexibility index (Phi) is 3.88. The molecular weight excluding hydrogens is 210 g/mol. The summed E-state index contributed by atoms with van der Waals surface area (Å²) in [5.74, 6) is -0.778. The second kappa shape index (κ2) is 4.77. The molecule has 15 heavy (non-hydrogen) atoms. The third-order valence-corrected chi connectivity index (χ3v) is 3.38. The number of hydrogen-bond donors (Lipinski definition) is 1. The summed E-state index contributed by atoms with van der Waals surface area (Å²) >= 11 is 1.64. The van der Waals surface area contributed by atoms with Gasteiger partial charge >= 0.3 is 5.97 Å². The molecule has 0 saturated heterocycles. The van der Waals surface area contributed by atoms with E-state index in [9.17, 15) is 4.79 Å². The molecule has 0 atom stereocenters. The van der Waals surface area contributed by atoms with E-state index in [0.29, 0.717) is 6.54 Å². The second-order valence-electron chi connectivity index (χ2n) is 4.01. The Morgan fingerprint density at radius 3 is 2.67 bits per heavy atom. The van der Waals surface area contributed by atoms with Gasteiger partial charge in [-0.2, -0.15) is 11.3 Å². The Morgan fingerprint density at radius 2 is 2.27 bits per heavy atom. The molecule has 1 N–H and O–H groups in total. The molecule has 1 heterocycles. The molecule has 0 amide bonds. The summed E-state index contributed by atoms with van der Waals surface area (Å²) in [5.41, 5.74) is 0.368. The first-order valence-corrected chi connectivity index (χ1v) is 5.92. The summed E-state index contributed by atoms with van der Waals surface area (Å²) < 4.78 is 0. The SMILES string of the molecule is CCN(Cc1ccsc1)C(C)(C)C(=O)O. The highest BCUT2D eigenvalue weighted by Gasteiger charge is 2.33. The van der Waals surface area contributed by atoms with E-state index < -0.39 is 11.5 Å². The Hall–Kier alpha value is -0.870. The van der Waals surface area contributed by atoms with Crippen LogP contribution >= 0.6 is 11.3 Å². The lowest BCUT2D eigenvalue weighted by Crippen LogP contribution is -2.49. The van der Waals surface area contributed by atoms with Crippen LogP contribution in [-0.2, 0) is 11.3 Å². The zero-order valence-corrected chi connectivity index (χ0v) is 10.2. The molecule has 3 nitrogen and oxygen atoms in total. The van der Waals surface area contributed by atoms with Crippen molar-refractivity contribution in [3.05, 3.63) is 22.4 Å². The number of nitrogens with zero attached hydrogens (tertiary/aromatic N) is 1. The molecule has 0 aromatic carbocycles. The van der Waals surface area contributed by atoms with Crippen LogP contribution in [0.3, 0.4) is 0 Å². The quantitative estimate of drug-likeness (QED) is 0.840.